The molecule has 0 bridgehead atoms. The smallest absolute Gasteiger partial charge is 0.404 e. The van der Waals surface area contributed by atoms with Crippen molar-refractivity contribution in [1.29, 1.82) is 0 Å². The van der Waals surface area contributed by atoms with Gasteiger partial charge in [-0.2, -0.15) is 0 Å². The van der Waals surface area contributed by atoms with Crippen LogP contribution in [-0.4, -0.2) is 12.2 Å². The maximum Gasteiger partial charge on any atom is 0.404 e. The maximum atomic E-state index is 10.5. The number of amides is 1. The number of primary amides is 1. The van der Waals surface area contributed by atoms with Crippen molar-refractivity contribution in [3.05, 3.63) is 0 Å². The fourth-order valence-electron chi connectivity index (χ4n) is 1.37. The molecule has 0 fully saturated rings. The molecule has 1 amide bonds. The van der Waals surface area contributed by atoms with E-state index in [9.17, 15) is 4.79 Å². The first-order chi connectivity index (χ1) is 6.20. The van der Waals surface area contributed by atoms with Crippen LogP contribution in [0.3, 0.4) is 0 Å². The molecule has 0 aromatic rings. The van der Waals surface area contributed by atoms with Crippen LogP contribution in [0.5, 0.6) is 0 Å². The van der Waals surface area contributed by atoms with E-state index in [2.05, 4.69) is 13.8 Å². The second-order valence-corrected chi connectivity index (χ2v) is 3.34. The Hall–Kier alpha value is -0.730. The second kappa shape index (κ2) is 7.90. The summed E-state index contributed by atoms with van der Waals surface area (Å²) >= 11 is 0. The molecule has 0 aromatic heterocycles. The number of hydrogen-bond donors (Lipinski definition) is 1. The summed E-state index contributed by atoms with van der Waals surface area (Å²) in [5, 5.41) is 0. The standard InChI is InChI=1S/C10H21NO2/c1-3-5-6-8-9(7-4-2)13-10(11)12/h9H,3-8H2,1-2H3,(H2,11,12). The number of unbranched alkanes of at least 4 members (excludes halogenated alkanes) is 2. The summed E-state index contributed by atoms with van der Waals surface area (Å²) < 4.78 is 4.98. The Kier molecular flexibility index (Phi) is 7.45. The van der Waals surface area contributed by atoms with Gasteiger partial charge in [-0.05, 0) is 19.3 Å². The molecule has 0 radical (unpaired) electrons. The Labute approximate surface area is 80.6 Å². The summed E-state index contributed by atoms with van der Waals surface area (Å²) in [5.41, 5.74) is 4.97. The predicted molar refractivity (Wildman–Crippen MR) is 53.5 cm³/mol. The largest absolute Gasteiger partial charge is 0.446 e. The van der Waals surface area contributed by atoms with Crippen LogP contribution in [0, 0.1) is 0 Å². The van der Waals surface area contributed by atoms with Crippen molar-refractivity contribution in [3.8, 4) is 0 Å². The fraction of sp³-hybridized carbons (Fsp3) is 0.900. The molecular weight excluding hydrogens is 166 g/mol. The van der Waals surface area contributed by atoms with Crippen LogP contribution in [0.4, 0.5) is 4.79 Å². The van der Waals surface area contributed by atoms with Crippen LogP contribution in [-0.2, 0) is 4.74 Å². The zero-order valence-corrected chi connectivity index (χ0v) is 8.71. The molecule has 0 aliphatic heterocycles. The van der Waals surface area contributed by atoms with E-state index in [0.717, 1.165) is 25.7 Å². The Bertz CT molecular complexity index is 137. The lowest BCUT2D eigenvalue weighted by atomic mass is 10.1. The number of hydrogen-bond acceptors (Lipinski definition) is 2. The first-order valence-electron chi connectivity index (χ1n) is 5.16. The lowest BCUT2D eigenvalue weighted by molar-refractivity contribution is 0.0936. The lowest BCUT2D eigenvalue weighted by Gasteiger charge is -2.15. The van der Waals surface area contributed by atoms with Crippen molar-refractivity contribution in [2.75, 3.05) is 0 Å². The van der Waals surface area contributed by atoms with Crippen LogP contribution >= 0.6 is 0 Å². The predicted octanol–water partition coefficient (Wildman–Crippen LogP) is 2.83. The maximum absolute atomic E-state index is 10.5. The van der Waals surface area contributed by atoms with E-state index in [4.69, 9.17) is 10.5 Å². The Morgan fingerprint density at radius 2 is 1.92 bits per heavy atom. The minimum atomic E-state index is -0.644. The number of rotatable bonds is 7. The highest BCUT2D eigenvalue weighted by atomic mass is 16.6. The SMILES string of the molecule is CCCCCC(CCC)OC(N)=O. The molecule has 0 saturated heterocycles. The fourth-order valence-corrected chi connectivity index (χ4v) is 1.37. The zero-order chi connectivity index (χ0) is 10.1. The molecule has 3 nitrogen and oxygen atoms in total. The van der Waals surface area contributed by atoms with Crippen LogP contribution in [0.15, 0.2) is 0 Å². The van der Waals surface area contributed by atoms with Crippen molar-refractivity contribution in [3.63, 3.8) is 0 Å². The van der Waals surface area contributed by atoms with Gasteiger partial charge in [-0.25, -0.2) is 4.79 Å². The van der Waals surface area contributed by atoms with Gasteiger partial charge in [0, 0.05) is 0 Å². The van der Waals surface area contributed by atoms with Gasteiger partial charge in [0.05, 0.1) is 0 Å². The average molecular weight is 187 g/mol. The van der Waals surface area contributed by atoms with Gasteiger partial charge in [0.1, 0.15) is 6.10 Å². The molecule has 1 atom stereocenters. The molecule has 0 rings (SSSR count). The lowest BCUT2D eigenvalue weighted by Crippen LogP contribution is -2.22. The molecule has 2 N–H and O–H groups in total. The van der Waals surface area contributed by atoms with Crippen LogP contribution in [0.2, 0.25) is 0 Å². The molecule has 13 heavy (non-hydrogen) atoms. The Morgan fingerprint density at radius 3 is 2.38 bits per heavy atom. The van der Waals surface area contributed by atoms with Gasteiger partial charge in [-0.3, -0.25) is 0 Å². The number of ether oxygens (including phenoxy) is 1. The molecule has 78 valence electrons. The van der Waals surface area contributed by atoms with Crippen molar-refractivity contribution >= 4 is 6.09 Å². The molecule has 1 unspecified atom stereocenters. The Balaban J connectivity index is 3.59. The highest BCUT2D eigenvalue weighted by Crippen LogP contribution is 2.11. The van der Waals surface area contributed by atoms with Gasteiger partial charge in [0.2, 0.25) is 0 Å². The van der Waals surface area contributed by atoms with Crippen LogP contribution in [0.1, 0.15) is 52.4 Å². The minimum Gasteiger partial charge on any atom is -0.446 e. The summed E-state index contributed by atoms with van der Waals surface area (Å²) in [6, 6.07) is 0. The summed E-state index contributed by atoms with van der Waals surface area (Å²) in [4.78, 5) is 10.5. The molecule has 0 aliphatic rings. The molecular formula is C10H21NO2. The van der Waals surface area contributed by atoms with Crippen molar-refractivity contribution < 1.29 is 9.53 Å². The Morgan fingerprint density at radius 1 is 1.23 bits per heavy atom. The van der Waals surface area contributed by atoms with Gasteiger partial charge >= 0.3 is 6.09 Å². The van der Waals surface area contributed by atoms with E-state index >= 15 is 0 Å². The van der Waals surface area contributed by atoms with Crippen molar-refractivity contribution in [1.82, 2.24) is 0 Å². The van der Waals surface area contributed by atoms with Gasteiger partial charge in [-0.1, -0.05) is 33.1 Å². The highest BCUT2D eigenvalue weighted by molar-refractivity contribution is 5.64. The normalized spacial score (nSPS) is 12.5. The van der Waals surface area contributed by atoms with Gasteiger partial charge in [-0.15, -0.1) is 0 Å². The van der Waals surface area contributed by atoms with E-state index in [-0.39, 0.29) is 6.10 Å². The molecule has 0 heterocycles. The molecule has 0 aromatic carbocycles. The number of carbonyl (C=O) groups excluding carboxylic acids is 1. The second-order valence-electron chi connectivity index (χ2n) is 3.34. The van der Waals surface area contributed by atoms with Crippen LogP contribution < -0.4 is 5.73 Å². The van der Waals surface area contributed by atoms with Crippen molar-refractivity contribution in [2.24, 2.45) is 5.73 Å². The van der Waals surface area contributed by atoms with Gasteiger partial charge in [0.15, 0.2) is 0 Å². The topological polar surface area (TPSA) is 52.3 Å². The zero-order valence-electron chi connectivity index (χ0n) is 8.71. The van der Waals surface area contributed by atoms with Crippen molar-refractivity contribution in [2.45, 2.75) is 58.5 Å². The summed E-state index contributed by atoms with van der Waals surface area (Å²) in [6.07, 6.45) is 5.80. The van der Waals surface area contributed by atoms with E-state index in [1.165, 1.54) is 12.8 Å². The van der Waals surface area contributed by atoms with Gasteiger partial charge in [0.25, 0.3) is 0 Å². The molecule has 0 saturated carbocycles. The monoisotopic (exact) mass is 187 g/mol. The molecule has 0 spiro atoms. The molecule has 0 aliphatic carbocycles. The van der Waals surface area contributed by atoms with E-state index < -0.39 is 6.09 Å². The average Bonchev–Trinajstić information content (AvgIpc) is 2.04. The minimum absolute atomic E-state index is 0.0362. The molecule has 3 heteroatoms. The summed E-state index contributed by atoms with van der Waals surface area (Å²) in [7, 11) is 0. The quantitative estimate of drug-likeness (QED) is 0.623. The van der Waals surface area contributed by atoms with E-state index in [1.807, 2.05) is 0 Å². The third-order valence-corrected chi connectivity index (χ3v) is 2.02. The number of nitrogens with two attached hydrogens (primary N) is 1. The first-order valence-corrected chi connectivity index (χ1v) is 5.16. The summed E-state index contributed by atoms with van der Waals surface area (Å²) in [5.74, 6) is 0. The highest BCUT2D eigenvalue weighted by Gasteiger charge is 2.10. The number of carbonyl (C=O) groups is 1. The van der Waals surface area contributed by atoms with Crippen LogP contribution in [0.25, 0.3) is 0 Å². The first kappa shape index (κ1) is 12.3. The third-order valence-electron chi connectivity index (χ3n) is 2.02. The van der Waals surface area contributed by atoms with E-state index in [0.29, 0.717) is 0 Å². The van der Waals surface area contributed by atoms with E-state index in [1.54, 1.807) is 0 Å². The van der Waals surface area contributed by atoms with Gasteiger partial charge < -0.3 is 10.5 Å². The summed E-state index contributed by atoms with van der Waals surface area (Å²) in [6.45, 7) is 4.24. The third kappa shape index (κ3) is 7.62.